The van der Waals surface area contributed by atoms with Gasteiger partial charge in [0.05, 0.1) is 10.5 Å². The Kier molecular flexibility index (Phi) is 5.81. The lowest BCUT2D eigenvalue weighted by Gasteiger charge is -2.09. The number of ether oxygens (including phenoxy) is 1. The Balaban J connectivity index is 1.73. The summed E-state index contributed by atoms with van der Waals surface area (Å²) < 4.78 is 36.9. The molecule has 0 saturated carbocycles. The molecule has 0 amide bonds. The molecule has 0 unspecified atom stereocenters. The Morgan fingerprint density at radius 3 is 2.82 bits per heavy atom. The molecule has 0 aliphatic rings. The van der Waals surface area contributed by atoms with E-state index in [0.29, 0.717) is 17.0 Å². The van der Waals surface area contributed by atoms with Gasteiger partial charge in [0.1, 0.15) is 0 Å². The van der Waals surface area contributed by atoms with Crippen LogP contribution >= 0.6 is 0 Å². The zero-order valence-corrected chi connectivity index (χ0v) is 16.1. The number of carbonyl (C=O) groups excluding carboxylic acids is 1. The zero-order chi connectivity index (χ0) is 20.1. The van der Waals surface area contributed by atoms with Crippen molar-refractivity contribution in [2.45, 2.75) is 25.3 Å². The molecular formula is C18H18N4O5S. The predicted octanol–water partition coefficient (Wildman–Crippen LogP) is 2.10. The van der Waals surface area contributed by atoms with E-state index in [1.807, 2.05) is 0 Å². The van der Waals surface area contributed by atoms with Crippen LogP contribution in [-0.4, -0.2) is 36.1 Å². The maximum Gasteiger partial charge on any atom is 0.338 e. The van der Waals surface area contributed by atoms with Crippen molar-refractivity contribution in [1.82, 2.24) is 19.8 Å². The molecule has 0 fully saturated rings. The first-order chi connectivity index (χ1) is 13.4. The Labute approximate surface area is 161 Å². The zero-order valence-electron chi connectivity index (χ0n) is 15.2. The van der Waals surface area contributed by atoms with Gasteiger partial charge in [-0.25, -0.2) is 17.9 Å². The highest BCUT2D eigenvalue weighted by Crippen LogP contribution is 2.18. The average Bonchev–Trinajstić information content (AvgIpc) is 3.16. The van der Waals surface area contributed by atoms with Crippen LogP contribution in [0, 0.1) is 6.92 Å². The van der Waals surface area contributed by atoms with Crippen LogP contribution in [0.25, 0.3) is 11.4 Å². The summed E-state index contributed by atoms with van der Waals surface area (Å²) in [6.07, 6.45) is 3.21. The van der Waals surface area contributed by atoms with E-state index in [2.05, 4.69) is 19.8 Å². The number of aromatic nitrogens is 3. The number of esters is 1. The van der Waals surface area contributed by atoms with E-state index in [4.69, 9.17) is 9.26 Å². The average molecular weight is 402 g/mol. The van der Waals surface area contributed by atoms with Gasteiger partial charge < -0.3 is 9.26 Å². The molecule has 0 radical (unpaired) electrons. The molecule has 3 rings (SSSR count). The lowest BCUT2D eigenvalue weighted by Crippen LogP contribution is -2.23. The molecule has 0 saturated heterocycles. The summed E-state index contributed by atoms with van der Waals surface area (Å²) in [5, 5.41) is 3.82. The lowest BCUT2D eigenvalue weighted by molar-refractivity contribution is 0.0428. The van der Waals surface area contributed by atoms with E-state index in [0.717, 1.165) is 0 Å². The van der Waals surface area contributed by atoms with Crippen LogP contribution in [0.1, 0.15) is 28.7 Å². The molecule has 9 nitrogen and oxygen atoms in total. The smallest absolute Gasteiger partial charge is 0.338 e. The summed E-state index contributed by atoms with van der Waals surface area (Å²) in [5.74, 6) is -0.248. The standard InChI is InChI=1S/C18H18N4O5S/c1-3-20-28(24,25)14-7-6-12(2)15(9-14)18(23)26-11-16-21-17(22-27-16)13-5-4-8-19-10-13/h4-10,20H,3,11H2,1-2H3. The highest BCUT2D eigenvalue weighted by molar-refractivity contribution is 7.89. The van der Waals surface area contributed by atoms with E-state index < -0.39 is 16.0 Å². The summed E-state index contributed by atoms with van der Waals surface area (Å²) in [5.41, 5.74) is 1.40. The molecule has 2 heterocycles. The number of nitrogens with one attached hydrogen (secondary N) is 1. The molecule has 3 aromatic rings. The summed E-state index contributed by atoms with van der Waals surface area (Å²) in [6, 6.07) is 7.77. The van der Waals surface area contributed by atoms with Gasteiger partial charge >= 0.3 is 5.97 Å². The Hall–Kier alpha value is -3.11. The Morgan fingerprint density at radius 2 is 2.11 bits per heavy atom. The number of carbonyl (C=O) groups is 1. The molecule has 146 valence electrons. The number of benzene rings is 1. The van der Waals surface area contributed by atoms with Crippen molar-refractivity contribution in [3.63, 3.8) is 0 Å². The van der Waals surface area contributed by atoms with Crippen LogP contribution in [0.15, 0.2) is 52.1 Å². The highest BCUT2D eigenvalue weighted by Gasteiger charge is 2.19. The molecule has 0 aliphatic carbocycles. The molecule has 1 aromatic carbocycles. The van der Waals surface area contributed by atoms with Crippen LogP contribution in [-0.2, 0) is 21.4 Å². The monoisotopic (exact) mass is 402 g/mol. The van der Waals surface area contributed by atoms with Gasteiger partial charge in [-0.15, -0.1) is 0 Å². The minimum Gasteiger partial charge on any atom is -0.452 e. The number of aryl methyl sites for hydroxylation is 1. The van der Waals surface area contributed by atoms with Gasteiger partial charge in [-0.1, -0.05) is 18.1 Å². The molecule has 1 N–H and O–H groups in total. The molecule has 0 bridgehead atoms. The first kappa shape index (κ1) is 19.6. The summed E-state index contributed by atoms with van der Waals surface area (Å²) in [6.45, 7) is 3.36. The van der Waals surface area contributed by atoms with Gasteiger partial charge in [0.2, 0.25) is 15.8 Å². The lowest BCUT2D eigenvalue weighted by atomic mass is 10.1. The Morgan fingerprint density at radius 1 is 1.29 bits per heavy atom. The van der Waals surface area contributed by atoms with Crippen LogP contribution in [0.3, 0.4) is 0 Å². The number of nitrogens with zero attached hydrogens (tertiary/aromatic N) is 3. The number of hydrogen-bond donors (Lipinski definition) is 1. The predicted molar refractivity (Wildman–Crippen MR) is 98.7 cm³/mol. The third-order valence-corrected chi connectivity index (χ3v) is 5.33. The third kappa shape index (κ3) is 4.41. The molecule has 10 heteroatoms. The second-order valence-corrected chi connectivity index (χ2v) is 7.57. The van der Waals surface area contributed by atoms with E-state index in [-0.39, 0.29) is 29.5 Å². The molecule has 0 spiro atoms. The molecule has 0 atom stereocenters. The van der Waals surface area contributed by atoms with Crippen molar-refractivity contribution in [1.29, 1.82) is 0 Å². The maximum absolute atomic E-state index is 12.4. The molecular weight excluding hydrogens is 384 g/mol. The second kappa shape index (κ2) is 8.28. The van der Waals surface area contributed by atoms with Crippen LogP contribution in [0.5, 0.6) is 0 Å². The van der Waals surface area contributed by atoms with E-state index in [1.54, 1.807) is 44.4 Å². The van der Waals surface area contributed by atoms with Crippen molar-refractivity contribution in [3.05, 3.63) is 59.7 Å². The highest BCUT2D eigenvalue weighted by atomic mass is 32.2. The van der Waals surface area contributed by atoms with E-state index in [9.17, 15) is 13.2 Å². The van der Waals surface area contributed by atoms with Gasteiger partial charge in [0.25, 0.3) is 5.89 Å². The number of hydrogen-bond acceptors (Lipinski definition) is 8. The first-order valence-corrected chi connectivity index (χ1v) is 9.89. The van der Waals surface area contributed by atoms with Gasteiger partial charge in [0.15, 0.2) is 6.61 Å². The fraction of sp³-hybridized carbons (Fsp3) is 0.222. The largest absolute Gasteiger partial charge is 0.452 e. The SMILES string of the molecule is CCNS(=O)(=O)c1ccc(C)c(C(=O)OCc2nc(-c3cccnc3)no2)c1. The van der Waals surface area contributed by atoms with Crippen LogP contribution < -0.4 is 4.72 Å². The first-order valence-electron chi connectivity index (χ1n) is 8.41. The summed E-state index contributed by atoms with van der Waals surface area (Å²) in [4.78, 5) is 20.5. The third-order valence-electron chi connectivity index (χ3n) is 3.79. The topological polar surface area (TPSA) is 124 Å². The van der Waals surface area contributed by atoms with Gasteiger partial charge in [-0.3, -0.25) is 4.98 Å². The van der Waals surface area contributed by atoms with Crippen LogP contribution in [0.4, 0.5) is 0 Å². The quantitative estimate of drug-likeness (QED) is 0.596. The van der Waals surface area contributed by atoms with E-state index >= 15 is 0 Å². The van der Waals surface area contributed by atoms with Gasteiger partial charge in [-0.05, 0) is 36.8 Å². The minimum absolute atomic E-state index is 0.0106. The van der Waals surface area contributed by atoms with Crippen molar-refractivity contribution in [3.8, 4) is 11.4 Å². The summed E-state index contributed by atoms with van der Waals surface area (Å²) >= 11 is 0. The Bertz CT molecular complexity index is 1080. The van der Waals surface area contributed by atoms with Crippen molar-refractivity contribution < 1.29 is 22.5 Å². The molecule has 0 aliphatic heterocycles. The van der Waals surface area contributed by atoms with E-state index in [1.165, 1.54) is 12.1 Å². The van der Waals surface area contributed by atoms with Gasteiger partial charge in [-0.2, -0.15) is 4.98 Å². The minimum atomic E-state index is -3.68. The van der Waals surface area contributed by atoms with Crippen molar-refractivity contribution >= 4 is 16.0 Å². The van der Waals surface area contributed by atoms with Crippen molar-refractivity contribution in [2.24, 2.45) is 0 Å². The van der Waals surface area contributed by atoms with Crippen molar-refractivity contribution in [2.75, 3.05) is 6.54 Å². The number of pyridine rings is 1. The number of rotatable bonds is 7. The fourth-order valence-electron chi connectivity index (χ4n) is 2.39. The number of sulfonamides is 1. The second-order valence-electron chi connectivity index (χ2n) is 5.81. The van der Waals surface area contributed by atoms with Crippen LogP contribution in [0.2, 0.25) is 0 Å². The molecule has 28 heavy (non-hydrogen) atoms. The summed E-state index contributed by atoms with van der Waals surface area (Å²) in [7, 11) is -3.68. The maximum atomic E-state index is 12.4. The molecule has 2 aromatic heterocycles. The normalized spacial score (nSPS) is 11.4. The fourth-order valence-corrected chi connectivity index (χ4v) is 3.46. The van der Waals surface area contributed by atoms with Gasteiger partial charge in [0, 0.05) is 24.5 Å².